The number of fused-ring (bicyclic) bond motifs is 1. The van der Waals surface area contributed by atoms with Gasteiger partial charge in [0.2, 0.25) is 18.6 Å². The third-order valence-corrected chi connectivity index (χ3v) is 6.77. The Morgan fingerprint density at radius 3 is 2.86 bits per heavy atom. The molecule has 2 saturated heterocycles. The summed E-state index contributed by atoms with van der Waals surface area (Å²) in [6.07, 6.45) is 6.50. The molecule has 3 heterocycles. The maximum Gasteiger partial charge on any atom is 0.231 e. The van der Waals surface area contributed by atoms with Crippen LogP contribution in [0.4, 0.5) is 0 Å². The van der Waals surface area contributed by atoms with Crippen LogP contribution in [0.15, 0.2) is 18.2 Å². The first-order valence-corrected chi connectivity index (χ1v) is 10.6. The van der Waals surface area contributed by atoms with Crippen LogP contribution in [0.5, 0.6) is 11.5 Å². The lowest BCUT2D eigenvalue weighted by molar-refractivity contribution is -0.146. The van der Waals surface area contributed by atoms with Gasteiger partial charge in [0, 0.05) is 32.6 Å². The van der Waals surface area contributed by atoms with E-state index in [1.54, 1.807) is 0 Å². The van der Waals surface area contributed by atoms with Crippen molar-refractivity contribution >= 4 is 11.8 Å². The molecule has 1 spiro atoms. The van der Waals surface area contributed by atoms with Crippen molar-refractivity contribution in [2.24, 2.45) is 11.3 Å². The van der Waals surface area contributed by atoms with E-state index < -0.39 is 0 Å². The molecule has 2 amide bonds. The molecule has 1 saturated carbocycles. The van der Waals surface area contributed by atoms with E-state index in [4.69, 9.17) is 9.47 Å². The first kappa shape index (κ1) is 17.8. The van der Waals surface area contributed by atoms with Crippen LogP contribution in [0.3, 0.4) is 0 Å². The van der Waals surface area contributed by atoms with Gasteiger partial charge in [-0.15, -0.1) is 0 Å². The first-order chi connectivity index (χ1) is 13.6. The van der Waals surface area contributed by atoms with Crippen molar-refractivity contribution in [2.75, 3.05) is 33.0 Å². The van der Waals surface area contributed by atoms with Gasteiger partial charge >= 0.3 is 0 Å². The minimum atomic E-state index is -0.318. The topological polar surface area (TPSA) is 59.1 Å². The molecule has 0 bridgehead atoms. The molecule has 6 nitrogen and oxygen atoms in total. The molecule has 1 unspecified atom stereocenters. The number of piperidine rings is 1. The molecule has 3 fully saturated rings. The van der Waals surface area contributed by atoms with E-state index in [0.29, 0.717) is 31.8 Å². The van der Waals surface area contributed by atoms with Crippen molar-refractivity contribution in [3.63, 3.8) is 0 Å². The average Bonchev–Trinajstić information content (AvgIpc) is 3.23. The number of carbonyl (C=O) groups is 2. The van der Waals surface area contributed by atoms with Gasteiger partial charge in [-0.3, -0.25) is 9.59 Å². The summed E-state index contributed by atoms with van der Waals surface area (Å²) < 4.78 is 10.8. The lowest BCUT2D eigenvalue weighted by Crippen LogP contribution is -2.50. The largest absolute Gasteiger partial charge is 0.454 e. The number of benzene rings is 1. The van der Waals surface area contributed by atoms with Crippen LogP contribution in [0.2, 0.25) is 0 Å². The molecular weight excluding hydrogens is 356 g/mol. The summed E-state index contributed by atoms with van der Waals surface area (Å²) >= 11 is 0. The van der Waals surface area contributed by atoms with Crippen molar-refractivity contribution in [3.05, 3.63) is 23.8 Å². The smallest absolute Gasteiger partial charge is 0.231 e. The van der Waals surface area contributed by atoms with Gasteiger partial charge < -0.3 is 19.3 Å². The van der Waals surface area contributed by atoms with E-state index in [2.05, 4.69) is 4.90 Å². The molecule has 6 heteroatoms. The van der Waals surface area contributed by atoms with E-state index >= 15 is 0 Å². The van der Waals surface area contributed by atoms with Gasteiger partial charge in [-0.05, 0) is 62.1 Å². The second-order valence-electron chi connectivity index (χ2n) is 8.83. The summed E-state index contributed by atoms with van der Waals surface area (Å²) in [5.41, 5.74) is 0.762. The molecular formula is C22H28N2O4. The normalized spacial score (nSPS) is 26.4. The second-order valence-corrected chi connectivity index (χ2v) is 8.83. The zero-order chi connectivity index (χ0) is 19.1. The van der Waals surface area contributed by atoms with Crippen LogP contribution in [0.1, 0.15) is 44.1 Å². The number of nitrogens with zero attached hydrogens (tertiary/aromatic N) is 2. The van der Waals surface area contributed by atoms with Gasteiger partial charge in [-0.25, -0.2) is 0 Å². The average molecular weight is 384 g/mol. The third-order valence-electron chi connectivity index (χ3n) is 6.77. The van der Waals surface area contributed by atoms with Gasteiger partial charge in [0.1, 0.15) is 0 Å². The zero-order valence-corrected chi connectivity index (χ0v) is 16.3. The number of ether oxygens (including phenoxy) is 2. The fourth-order valence-corrected chi connectivity index (χ4v) is 4.91. The minimum absolute atomic E-state index is 0.154. The summed E-state index contributed by atoms with van der Waals surface area (Å²) in [6.45, 7) is 3.41. The molecule has 1 aromatic rings. The Morgan fingerprint density at radius 1 is 1.14 bits per heavy atom. The lowest BCUT2D eigenvalue weighted by Gasteiger charge is -2.39. The highest BCUT2D eigenvalue weighted by atomic mass is 16.7. The van der Waals surface area contributed by atoms with Crippen LogP contribution in [0.25, 0.3) is 0 Å². The summed E-state index contributed by atoms with van der Waals surface area (Å²) in [7, 11) is 0. The molecule has 1 atom stereocenters. The zero-order valence-electron chi connectivity index (χ0n) is 16.3. The summed E-state index contributed by atoms with van der Waals surface area (Å²) in [6, 6.07) is 5.86. The van der Waals surface area contributed by atoms with Crippen LogP contribution in [0, 0.1) is 11.3 Å². The van der Waals surface area contributed by atoms with E-state index in [9.17, 15) is 9.59 Å². The molecule has 150 valence electrons. The van der Waals surface area contributed by atoms with Crippen molar-refractivity contribution in [3.8, 4) is 11.5 Å². The molecule has 4 aliphatic rings. The summed E-state index contributed by atoms with van der Waals surface area (Å²) in [4.78, 5) is 29.9. The van der Waals surface area contributed by atoms with Crippen LogP contribution in [-0.4, -0.2) is 54.6 Å². The van der Waals surface area contributed by atoms with Crippen LogP contribution >= 0.6 is 0 Å². The standard InChI is InChI=1S/C22H28N2O4/c25-20(7-5-16-4-6-18-19(12-16)28-15-27-18)24-11-9-22(14-24)8-1-10-23(21(22)26)13-17-2-3-17/h4,6,12,17H,1-3,5,7-11,13-15H2. The Hall–Kier alpha value is -2.24. The summed E-state index contributed by atoms with van der Waals surface area (Å²) in [5, 5.41) is 0. The molecule has 0 N–H and O–H groups in total. The van der Waals surface area contributed by atoms with Crippen molar-refractivity contribution < 1.29 is 19.1 Å². The molecule has 28 heavy (non-hydrogen) atoms. The lowest BCUT2D eigenvalue weighted by atomic mass is 9.78. The van der Waals surface area contributed by atoms with Crippen molar-refractivity contribution in [1.29, 1.82) is 0 Å². The number of hydrogen-bond acceptors (Lipinski definition) is 4. The van der Waals surface area contributed by atoms with Crippen molar-refractivity contribution in [1.82, 2.24) is 9.80 Å². The predicted octanol–water partition coefficient (Wildman–Crippen LogP) is 2.60. The Morgan fingerprint density at radius 2 is 2.00 bits per heavy atom. The molecule has 1 aromatic carbocycles. The number of carbonyl (C=O) groups excluding carboxylic acids is 2. The van der Waals surface area contributed by atoms with Gasteiger partial charge in [0.05, 0.1) is 5.41 Å². The van der Waals surface area contributed by atoms with E-state index in [-0.39, 0.29) is 18.1 Å². The number of amides is 2. The summed E-state index contributed by atoms with van der Waals surface area (Å²) in [5.74, 6) is 2.70. The van der Waals surface area contributed by atoms with E-state index in [1.165, 1.54) is 12.8 Å². The SMILES string of the molecule is O=C(CCc1ccc2c(c1)OCO2)N1CCC2(CCCN(CC3CC3)C2=O)C1. The fraction of sp³-hybridized carbons (Fsp3) is 0.636. The van der Waals surface area contributed by atoms with Crippen LogP contribution < -0.4 is 9.47 Å². The molecule has 0 radical (unpaired) electrons. The quantitative estimate of drug-likeness (QED) is 0.783. The molecule has 5 rings (SSSR count). The number of rotatable bonds is 5. The predicted molar refractivity (Wildman–Crippen MR) is 103 cm³/mol. The second kappa shape index (κ2) is 6.98. The highest BCUT2D eigenvalue weighted by Crippen LogP contribution is 2.42. The number of aryl methyl sites for hydroxylation is 1. The van der Waals surface area contributed by atoms with Gasteiger partial charge in [-0.1, -0.05) is 6.07 Å². The Labute approximate surface area is 165 Å². The maximum atomic E-state index is 13.1. The highest BCUT2D eigenvalue weighted by molar-refractivity contribution is 5.86. The number of likely N-dealkylation sites (tertiary alicyclic amines) is 2. The Bertz CT molecular complexity index is 791. The molecule has 1 aliphatic carbocycles. The number of hydrogen-bond donors (Lipinski definition) is 0. The fourth-order valence-electron chi connectivity index (χ4n) is 4.91. The maximum absolute atomic E-state index is 13.1. The van der Waals surface area contributed by atoms with Crippen molar-refractivity contribution in [2.45, 2.75) is 44.9 Å². The molecule has 0 aromatic heterocycles. The van der Waals surface area contributed by atoms with E-state index in [0.717, 1.165) is 55.3 Å². The molecule has 3 aliphatic heterocycles. The minimum Gasteiger partial charge on any atom is -0.454 e. The van der Waals surface area contributed by atoms with Gasteiger partial charge in [0.25, 0.3) is 0 Å². The highest BCUT2D eigenvalue weighted by Gasteiger charge is 2.49. The van der Waals surface area contributed by atoms with Gasteiger partial charge in [-0.2, -0.15) is 0 Å². The Balaban J connectivity index is 1.18. The monoisotopic (exact) mass is 384 g/mol. The first-order valence-electron chi connectivity index (χ1n) is 10.6. The van der Waals surface area contributed by atoms with Crippen LogP contribution in [-0.2, 0) is 16.0 Å². The third kappa shape index (κ3) is 3.33. The van der Waals surface area contributed by atoms with Gasteiger partial charge in [0.15, 0.2) is 11.5 Å². The Kier molecular flexibility index (Phi) is 4.44. The van der Waals surface area contributed by atoms with E-state index in [1.807, 2.05) is 23.1 Å².